The maximum absolute atomic E-state index is 12.4. The molecule has 0 aliphatic carbocycles. The minimum atomic E-state index is -1.07. The fraction of sp³-hybridized carbons (Fsp3) is 0.977. The number of hydrogen-bond acceptors (Lipinski definition) is 4. The minimum Gasteiger partial charge on any atom is -0.394 e. The Morgan fingerprint density at radius 3 is 0.918 bits per heavy atom. The van der Waals surface area contributed by atoms with Crippen molar-refractivity contribution in [2.75, 3.05) is 6.61 Å². The fourth-order valence-corrected chi connectivity index (χ4v) is 7.19. The van der Waals surface area contributed by atoms with Crippen molar-refractivity contribution in [1.82, 2.24) is 5.32 Å². The van der Waals surface area contributed by atoms with E-state index in [0.29, 0.717) is 12.8 Å². The van der Waals surface area contributed by atoms with Crippen molar-refractivity contribution in [3.63, 3.8) is 0 Å². The predicted molar refractivity (Wildman–Crippen MR) is 213 cm³/mol. The van der Waals surface area contributed by atoms with Gasteiger partial charge in [-0.05, 0) is 12.8 Å². The summed E-state index contributed by atoms with van der Waals surface area (Å²) in [4.78, 5) is 12.4. The second-order valence-corrected chi connectivity index (χ2v) is 15.6. The van der Waals surface area contributed by atoms with Crippen molar-refractivity contribution < 1.29 is 20.1 Å². The van der Waals surface area contributed by atoms with E-state index >= 15 is 0 Å². The van der Waals surface area contributed by atoms with Crippen LogP contribution in [0.5, 0.6) is 0 Å². The SMILES string of the molecule is CCCCCCCCCCCCCCCCCCCCCCCCCC(O)C(CO)NC(=O)C(O)CCCCCCCCCCCCCC. The van der Waals surface area contributed by atoms with Crippen LogP contribution in [-0.2, 0) is 4.79 Å². The highest BCUT2D eigenvalue weighted by Gasteiger charge is 2.23. The Labute approximate surface area is 307 Å². The summed E-state index contributed by atoms with van der Waals surface area (Å²) in [5.41, 5.74) is 0. The van der Waals surface area contributed by atoms with Crippen LogP contribution in [0.15, 0.2) is 0 Å². The predicted octanol–water partition coefficient (Wildman–Crippen LogP) is 12.7. The topological polar surface area (TPSA) is 89.8 Å². The number of amides is 1. The van der Waals surface area contributed by atoms with Crippen LogP contribution in [0.1, 0.15) is 251 Å². The normalized spacial score (nSPS) is 13.5. The number of nitrogens with one attached hydrogen (secondary N) is 1. The van der Waals surface area contributed by atoms with Crippen molar-refractivity contribution in [2.24, 2.45) is 0 Å². The second kappa shape index (κ2) is 40.1. The quantitative estimate of drug-likeness (QED) is 0.0479. The Morgan fingerprint density at radius 1 is 0.408 bits per heavy atom. The van der Waals surface area contributed by atoms with Gasteiger partial charge in [0.25, 0.3) is 0 Å². The van der Waals surface area contributed by atoms with Crippen molar-refractivity contribution in [1.29, 1.82) is 0 Å². The number of aliphatic hydroxyl groups excluding tert-OH is 3. The number of unbranched alkanes of at least 4 members (excludes halogenated alkanes) is 33. The summed E-state index contributed by atoms with van der Waals surface area (Å²) >= 11 is 0. The van der Waals surface area contributed by atoms with Gasteiger partial charge in [0, 0.05) is 0 Å². The maximum Gasteiger partial charge on any atom is 0.249 e. The largest absolute Gasteiger partial charge is 0.394 e. The van der Waals surface area contributed by atoms with Crippen molar-refractivity contribution in [3.05, 3.63) is 0 Å². The zero-order valence-corrected chi connectivity index (χ0v) is 33.4. The molecule has 294 valence electrons. The third kappa shape index (κ3) is 35.5. The molecule has 4 N–H and O–H groups in total. The van der Waals surface area contributed by atoms with Crippen LogP contribution in [-0.4, -0.2) is 46.1 Å². The first-order chi connectivity index (χ1) is 24.1. The van der Waals surface area contributed by atoms with E-state index in [9.17, 15) is 20.1 Å². The summed E-state index contributed by atoms with van der Waals surface area (Å²) in [7, 11) is 0. The smallest absolute Gasteiger partial charge is 0.249 e. The lowest BCUT2D eigenvalue weighted by molar-refractivity contribution is -0.131. The molecule has 0 saturated heterocycles. The van der Waals surface area contributed by atoms with E-state index in [-0.39, 0.29) is 6.61 Å². The first kappa shape index (κ1) is 48.3. The molecule has 0 radical (unpaired) electrons. The van der Waals surface area contributed by atoms with Crippen molar-refractivity contribution >= 4 is 5.91 Å². The van der Waals surface area contributed by atoms with Crippen LogP contribution in [0.3, 0.4) is 0 Å². The van der Waals surface area contributed by atoms with Gasteiger partial charge in [0.05, 0.1) is 18.8 Å². The lowest BCUT2D eigenvalue weighted by Crippen LogP contribution is -2.49. The highest BCUT2D eigenvalue weighted by Crippen LogP contribution is 2.17. The van der Waals surface area contributed by atoms with Gasteiger partial charge in [-0.2, -0.15) is 0 Å². The standard InChI is InChI=1S/C44H89NO4/c1-3-5-7-9-11-13-15-17-18-19-20-21-22-23-24-25-26-27-29-30-32-34-36-38-42(47)41(40-46)45-44(49)43(48)39-37-35-33-31-28-16-14-12-10-8-6-4-2/h41-43,46-48H,3-40H2,1-2H3,(H,45,49). The Bertz CT molecular complexity index is 644. The van der Waals surface area contributed by atoms with Crippen LogP contribution in [0.4, 0.5) is 0 Å². The summed E-state index contributed by atoms with van der Waals surface area (Å²) in [6, 6.07) is -0.705. The number of rotatable bonds is 41. The molecular formula is C44H89NO4. The third-order valence-corrected chi connectivity index (χ3v) is 10.7. The van der Waals surface area contributed by atoms with E-state index in [1.54, 1.807) is 0 Å². The van der Waals surface area contributed by atoms with Gasteiger partial charge >= 0.3 is 0 Å². The van der Waals surface area contributed by atoms with Crippen LogP contribution in [0.25, 0.3) is 0 Å². The molecule has 0 aliphatic heterocycles. The Morgan fingerprint density at radius 2 is 0.653 bits per heavy atom. The lowest BCUT2D eigenvalue weighted by Gasteiger charge is -2.23. The molecule has 0 aromatic rings. The Kier molecular flexibility index (Phi) is 39.6. The van der Waals surface area contributed by atoms with Crippen molar-refractivity contribution in [3.8, 4) is 0 Å². The summed E-state index contributed by atoms with van der Waals surface area (Å²) < 4.78 is 0. The van der Waals surface area contributed by atoms with Gasteiger partial charge in [-0.15, -0.1) is 0 Å². The van der Waals surface area contributed by atoms with Gasteiger partial charge in [-0.1, -0.05) is 239 Å². The van der Waals surface area contributed by atoms with Gasteiger partial charge in [0.15, 0.2) is 0 Å². The molecule has 0 spiro atoms. The number of hydrogen-bond donors (Lipinski definition) is 4. The van der Waals surface area contributed by atoms with Crippen LogP contribution in [0.2, 0.25) is 0 Å². The monoisotopic (exact) mass is 696 g/mol. The molecule has 5 nitrogen and oxygen atoms in total. The van der Waals surface area contributed by atoms with E-state index in [1.165, 1.54) is 193 Å². The van der Waals surface area contributed by atoms with E-state index in [4.69, 9.17) is 0 Å². The first-order valence-corrected chi connectivity index (χ1v) is 22.3. The van der Waals surface area contributed by atoms with Gasteiger partial charge < -0.3 is 20.6 Å². The molecule has 1 amide bonds. The van der Waals surface area contributed by atoms with E-state index in [1.807, 2.05) is 0 Å². The highest BCUT2D eigenvalue weighted by molar-refractivity contribution is 5.80. The maximum atomic E-state index is 12.4. The average molecular weight is 696 g/mol. The second-order valence-electron chi connectivity index (χ2n) is 15.6. The van der Waals surface area contributed by atoms with Crippen LogP contribution < -0.4 is 5.32 Å². The zero-order valence-electron chi connectivity index (χ0n) is 33.4. The number of carbonyl (C=O) groups excluding carboxylic acids is 1. The van der Waals surface area contributed by atoms with E-state index < -0.39 is 24.2 Å². The molecule has 0 fully saturated rings. The minimum absolute atomic E-state index is 0.308. The molecule has 5 heteroatoms. The Balaban J connectivity index is 3.54. The molecule has 0 rings (SSSR count). The number of carbonyl (C=O) groups is 1. The molecule has 0 aliphatic rings. The summed E-state index contributed by atoms with van der Waals surface area (Å²) in [5, 5.41) is 33.3. The summed E-state index contributed by atoms with van der Waals surface area (Å²) in [5.74, 6) is -0.467. The average Bonchev–Trinajstić information content (AvgIpc) is 3.11. The molecule has 3 atom stereocenters. The highest BCUT2D eigenvalue weighted by atomic mass is 16.3. The molecule has 49 heavy (non-hydrogen) atoms. The van der Waals surface area contributed by atoms with Gasteiger partial charge in [0.2, 0.25) is 5.91 Å². The van der Waals surface area contributed by atoms with Gasteiger partial charge in [-0.3, -0.25) is 4.79 Å². The summed E-state index contributed by atoms with van der Waals surface area (Å²) in [6.45, 7) is 4.24. The molecule has 0 bridgehead atoms. The summed E-state index contributed by atoms with van der Waals surface area (Å²) in [6.07, 6.45) is 45.4. The molecule has 0 aromatic heterocycles. The zero-order chi connectivity index (χ0) is 35.9. The lowest BCUT2D eigenvalue weighted by atomic mass is 10.0. The van der Waals surface area contributed by atoms with E-state index in [2.05, 4.69) is 19.2 Å². The number of aliphatic hydroxyl groups is 3. The Hall–Kier alpha value is -0.650. The molecular weight excluding hydrogens is 606 g/mol. The molecule has 0 aromatic carbocycles. The van der Waals surface area contributed by atoms with E-state index in [0.717, 1.165) is 32.1 Å². The van der Waals surface area contributed by atoms with Gasteiger partial charge in [-0.25, -0.2) is 0 Å². The van der Waals surface area contributed by atoms with Crippen LogP contribution >= 0.6 is 0 Å². The molecule has 3 unspecified atom stereocenters. The molecule has 0 saturated carbocycles. The van der Waals surface area contributed by atoms with Crippen LogP contribution in [0, 0.1) is 0 Å². The fourth-order valence-electron chi connectivity index (χ4n) is 7.19. The van der Waals surface area contributed by atoms with Crippen molar-refractivity contribution in [2.45, 2.75) is 270 Å². The first-order valence-electron chi connectivity index (χ1n) is 22.3. The molecule has 0 heterocycles. The third-order valence-electron chi connectivity index (χ3n) is 10.7. The van der Waals surface area contributed by atoms with Gasteiger partial charge in [0.1, 0.15) is 6.10 Å².